The van der Waals surface area contributed by atoms with Crippen LogP contribution in [-0.4, -0.2) is 67.7 Å². The number of nitrogens with zero attached hydrogens (tertiary/aromatic N) is 7. The van der Waals surface area contributed by atoms with Crippen LogP contribution in [0.1, 0.15) is 35.2 Å². The predicted octanol–water partition coefficient (Wildman–Crippen LogP) is 3.81. The molecule has 196 valence electrons. The smallest absolute Gasteiger partial charge is 0.254 e. The van der Waals surface area contributed by atoms with E-state index in [4.69, 9.17) is 5.26 Å². The Morgan fingerprint density at radius 3 is 2.69 bits per heavy atom. The van der Waals surface area contributed by atoms with Crippen molar-refractivity contribution in [2.75, 3.05) is 26.2 Å². The number of rotatable bonds is 5. The van der Waals surface area contributed by atoms with E-state index in [2.05, 4.69) is 26.0 Å². The number of pyridine rings is 1. The van der Waals surface area contributed by atoms with Gasteiger partial charge in [0.15, 0.2) is 0 Å². The van der Waals surface area contributed by atoms with Crippen LogP contribution in [0, 0.1) is 34.3 Å². The third kappa shape index (κ3) is 4.31. The summed E-state index contributed by atoms with van der Waals surface area (Å²) in [5.74, 6) is -1.32. The molecule has 4 aromatic rings. The number of likely N-dealkylation sites (tertiary alicyclic amines) is 2. The van der Waals surface area contributed by atoms with Gasteiger partial charge in [-0.3, -0.25) is 14.4 Å². The van der Waals surface area contributed by atoms with Gasteiger partial charge in [-0.2, -0.15) is 15.6 Å². The molecule has 11 heteroatoms. The highest BCUT2D eigenvalue weighted by Gasteiger charge is 2.48. The standard InChI is InChI=1S/C28H24F2N8O/c29-21-10-18(12-32)9-19(11-21)27(39)36-7-2-22(3-8-36)37-16-28(17-37,4-5-31)38-15-20(13-35-38)25-23-1-6-33-26(23)34-14-24(25)30/h1,6,9-11,13-15,22H,2-4,7-8,16-17H2,(H,33,34). The summed E-state index contributed by atoms with van der Waals surface area (Å²) in [7, 11) is 0. The van der Waals surface area contributed by atoms with Gasteiger partial charge in [-0.25, -0.2) is 13.8 Å². The maximum absolute atomic E-state index is 14.8. The molecule has 1 N–H and O–H groups in total. The number of carbonyl (C=O) groups excluding carboxylic acids is 1. The minimum atomic E-state index is -0.604. The maximum Gasteiger partial charge on any atom is 0.254 e. The van der Waals surface area contributed by atoms with Crippen LogP contribution in [-0.2, 0) is 5.54 Å². The second-order valence-corrected chi connectivity index (χ2v) is 10.2. The molecule has 2 aliphatic heterocycles. The molecule has 1 aromatic carbocycles. The van der Waals surface area contributed by atoms with Gasteiger partial charge in [0.1, 0.15) is 22.8 Å². The van der Waals surface area contributed by atoms with E-state index < -0.39 is 17.2 Å². The highest BCUT2D eigenvalue weighted by molar-refractivity contribution is 5.95. The fourth-order valence-corrected chi connectivity index (χ4v) is 5.84. The Kier molecular flexibility index (Phi) is 6.09. The molecule has 0 aliphatic carbocycles. The number of nitrogens with one attached hydrogen (secondary N) is 1. The van der Waals surface area contributed by atoms with Crippen molar-refractivity contribution in [2.45, 2.75) is 30.8 Å². The second-order valence-electron chi connectivity index (χ2n) is 10.2. The molecule has 3 aromatic heterocycles. The lowest BCUT2D eigenvalue weighted by molar-refractivity contribution is -0.0412. The van der Waals surface area contributed by atoms with Gasteiger partial charge < -0.3 is 9.88 Å². The van der Waals surface area contributed by atoms with E-state index >= 15 is 0 Å². The Labute approximate surface area is 222 Å². The molecule has 1 amide bonds. The minimum Gasteiger partial charge on any atom is -0.346 e. The molecule has 2 fully saturated rings. The third-order valence-corrected chi connectivity index (χ3v) is 7.84. The predicted molar refractivity (Wildman–Crippen MR) is 137 cm³/mol. The third-order valence-electron chi connectivity index (χ3n) is 7.84. The van der Waals surface area contributed by atoms with Crippen LogP contribution in [0.15, 0.2) is 49.1 Å². The van der Waals surface area contributed by atoms with Crippen molar-refractivity contribution in [3.8, 4) is 23.3 Å². The van der Waals surface area contributed by atoms with Crippen LogP contribution in [0.4, 0.5) is 8.78 Å². The topological polar surface area (TPSA) is 118 Å². The van der Waals surface area contributed by atoms with E-state index in [9.17, 15) is 18.8 Å². The summed E-state index contributed by atoms with van der Waals surface area (Å²) in [6.45, 7) is 2.27. The van der Waals surface area contributed by atoms with Crippen molar-refractivity contribution < 1.29 is 13.6 Å². The summed E-state index contributed by atoms with van der Waals surface area (Å²) >= 11 is 0. The summed E-state index contributed by atoms with van der Waals surface area (Å²) in [6, 6.07) is 9.88. The summed E-state index contributed by atoms with van der Waals surface area (Å²) in [4.78, 5) is 24.0. The lowest BCUT2D eigenvalue weighted by Crippen LogP contribution is -2.66. The molecule has 0 unspecified atom stereocenters. The van der Waals surface area contributed by atoms with Crippen LogP contribution in [0.25, 0.3) is 22.2 Å². The summed E-state index contributed by atoms with van der Waals surface area (Å²) in [5, 5.41) is 23.9. The molecular formula is C28H24F2N8O. The van der Waals surface area contributed by atoms with E-state index in [0.717, 1.165) is 25.0 Å². The maximum atomic E-state index is 14.8. The number of hydrogen-bond donors (Lipinski definition) is 1. The summed E-state index contributed by atoms with van der Waals surface area (Å²) in [6.07, 6.45) is 8.08. The van der Waals surface area contributed by atoms with Crippen molar-refractivity contribution >= 4 is 16.9 Å². The van der Waals surface area contributed by atoms with Gasteiger partial charge in [0.2, 0.25) is 0 Å². The van der Waals surface area contributed by atoms with Crippen molar-refractivity contribution in [1.29, 1.82) is 10.5 Å². The quantitative estimate of drug-likeness (QED) is 0.423. The van der Waals surface area contributed by atoms with Gasteiger partial charge in [-0.05, 0) is 37.1 Å². The number of fused-ring (bicyclic) bond motifs is 1. The number of aromatic amines is 1. The second kappa shape index (κ2) is 9.61. The number of benzene rings is 1. The van der Waals surface area contributed by atoms with Crippen molar-refractivity contribution in [1.82, 2.24) is 29.5 Å². The highest BCUT2D eigenvalue weighted by atomic mass is 19.1. The number of carbonyl (C=O) groups is 1. The number of amides is 1. The van der Waals surface area contributed by atoms with Crippen LogP contribution in [0.2, 0.25) is 0 Å². The fraction of sp³-hybridized carbons (Fsp3) is 0.321. The summed E-state index contributed by atoms with van der Waals surface area (Å²) in [5.41, 5.74) is 1.42. The molecule has 0 saturated carbocycles. The first-order valence-corrected chi connectivity index (χ1v) is 12.7. The normalized spacial score (nSPS) is 17.5. The molecule has 9 nitrogen and oxygen atoms in total. The molecule has 39 heavy (non-hydrogen) atoms. The van der Waals surface area contributed by atoms with Crippen molar-refractivity contribution in [2.24, 2.45) is 0 Å². The number of H-pyrrole nitrogens is 1. The Bertz CT molecular complexity index is 1650. The first kappa shape index (κ1) is 24.7. The molecule has 5 heterocycles. The van der Waals surface area contributed by atoms with Gasteiger partial charge >= 0.3 is 0 Å². The zero-order valence-electron chi connectivity index (χ0n) is 20.9. The molecule has 0 bridgehead atoms. The number of piperidine rings is 1. The fourth-order valence-electron chi connectivity index (χ4n) is 5.84. The molecule has 0 spiro atoms. The summed E-state index contributed by atoms with van der Waals surface area (Å²) < 4.78 is 30.4. The highest BCUT2D eigenvalue weighted by Crippen LogP contribution is 2.38. The van der Waals surface area contributed by atoms with E-state index in [0.29, 0.717) is 48.3 Å². The van der Waals surface area contributed by atoms with E-state index in [1.165, 1.54) is 12.3 Å². The van der Waals surface area contributed by atoms with Crippen molar-refractivity contribution in [3.05, 3.63) is 71.8 Å². The first-order valence-electron chi connectivity index (χ1n) is 12.7. The lowest BCUT2D eigenvalue weighted by Gasteiger charge is -2.53. The number of nitriles is 2. The molecule has 2 aliphatic rings. The van der Waals surface area contributed by atoms with E-state index in [1.807, 2.05) is 6.07 Å². The zero-order chi connectivity index (χ0) is 27.1. The molecule has 6 rings (SSSR count). The molecule has 0 atom stereocenters. The van der Waals surface area contributed by atoms with Gasteiger partial charge in [0.25, 0.3) is 5.91 Å². The van der Waals surface area contributed by atoms with Crippen LogP contribution in [0.3, 0.4) is 0 Å². The zero-order valence-corrected chi connectivity index (χ0v) is 20.9. The Hall–Kier alpha value is -4.61. The molecule has 0 radical (unpaired) electrons. The number of hydrogen-bond acceptors (Lipinski definition) is 6. The van der Waals surface area contributed by atoms with Gasteiger partial charge in [0.05, 0.1) is 36.5 Å². The van der Waals surface area contributed by atoms with Gasteiger partial charge in [-0.1, -0.05) is 0 Å². The van der Waals surface area contributed by atoms with Crippen LogP contribution < -0.4 is 0 Å². The average Bonchev–Trinajstić information content (AvgIpc) is 3.60. The Morgan fingerprint density at radius 1 is 1.15 bits per heavy atom. The Balaban J connectivity index is 1.14. The minimum absolute atomic E-state index is 0.119. The Morgan fingerprint density at radius 2 is 1.95 bits per heavy atom. The van der Waals surface area contributed by atoms with Gasteiger partial charge in [-0.15, -0.1) is 0 Å². The SMILES string of the molecule is N#CCC1(n2cc(-c3c(F)cnc4[nH]ccc34)cn2)CN(C2CCN(C(=O)c3cc(F)cc(C#N)c3)CC2)C1. The first-order chi connectivity index (χ1) is 18.9. The average molecular weight is 527 g/mol. The molecular weight excluding hydrogens is 502 g/mol. The lowest BCUT2D eigenvalue weighted by atomic mass is 9.83. The van der Waals surface area contributed by atoms with E-state index in [-0.39, 0.29) is 29.5 Å². The monoisotopic (exact) mass is 526 g/mol. The van der Waals surface area contributed by atoms with Gasteiger partial charge in [0, 0.05) is 66.7 Å². The van der Waals surface area contributed by atoms with E-state index in [1.54, 1.807) is 34.2 Å². The number of halogens is 2. The van der Waals surface area contributed by atoms with Crippen molar-refractivity contribution in [3.63, 3.8) is 0 Å². The number of aromatic nitrogens is 4. The van der Waals surface area contributed by atoms with Crippen LogP contribution in [0.5, 0.6) is 0 Å². The molecule has 2 saturated heterocycles. The van der Waals surface area contributed by atoms with Crippen LogP contribution >= 0.6 is 0 Å². The largest absolute Gasteiger partial charge is 0.346 e.